The smallest absolute Gasteiger partial charge is 0.339 e. The number of nitrogens with one attached hydrogen (secondary N) is 1. The second kappa shape index (κ2) is 8.00. The maximum atomic E-state index is 12.0. The van der Waals surface area contributed by atoms with E-state index < -0.39 is 5.97 Å². The highest BCUT2D eigenvalue weighted by molar-refractivity contribution is 7.98. The summed E-state index contributed by atoms with van der Waals surface area (Å²) in [5.41, 5.74) is 0.481. The van der Waals surface area contributed by atoms with Gasteiger partial charge in [-0.15, -0.1) is 23.1 Å². The zero-order chi connectivity index (χ0) is 15.9. The first-order valence-electron chi connectivity index (χ1n) is 6.74. The van der Waals surface area contributed by atoms with Crippen LogP contribution < -0.4 is 5.32 Å². The van der Waals surface area contributed by atoms with Crippen molar-refractivity contribution >= 4 is 35.0 Å². The van der Waals surface area contributed by atoms with E-state index in [-0.39, 0.29) is 18.6 Å². The molecule has 0 fully saturated rings. The predicted molar refractivity (Wildman–Crippen MR) is 89.4 cm³/mol. The van der Waals surface area contributed by atoms with Gasteiger partial charge in [0, 0.05) is 9.77 Å². The van der Waals surface area contributed by atoms with Crippen LogP contribution in [0.15, 0.2) is 46.7 Å². The molecule has 1 N–H and O–H groups in total. The van der Waals surface area contributed by atoms with Gasteiger partial charge in [0.15, 0.2) is 6.61 Å². The Morgan fingerprint density at radius 2 is 2.05 bits per heavy atom. The summed E-state index contributed by atoms with van der Waals surface area (Å²) in [6.45, 7) is 1.62. The van der Waals surface area contributed by atoms with Crippen LogP contribution >= 0.6 is 23.1 Å². The molecule has 0 aliphatic carbocycles. The third-order valence-corrected chi connectivity index (χ3v) is 4.86. The minimum Gasteiger partial charge on any atom is -0.452 e. The van der Waals surface area contributed by atoms with Crippen LogP contribution in [0.4, 0.5) is 0 Å². The molecule has 4 nitrogen and oxygen atoms in total. The summed E-state index contributed by atoms with van der Waals surface area (Å²) in [5, 5.41) is 4.76. The van der Waals surface area contributed by atoms with Crippen molar-refractivity contribution in [1.82, 2.24) is 5.32 Å². The topological polar surface area (TPSA) is 55.4 Å². The van der Waals surface area contributed by atoms with Gasteiger partial charge in [-0.3, -0.25) is 4.79 Å². The van der Waals surface area contributed by atoms with Crippen molar-refractivity contribution in [2.75, 3.05) is 12.9 Å². The molecule has 0 aliphatic rings. The van der Waals surface area contributed by atoms with Crippen LogP contribution in [0.2, 0.25) is 0 Å². The van der Waals surface area contributed by atoms with Crippen LogP contribution in [0.1, 0.15) is 28.2 Å². The number of ether oxygens (including phenoxy) is 1. The van der Waals surface area contributed by atoms with E-state index >= 15 is 0 Å². The van der Waals surface area contributed by atoms with E-state index in [0.717, 1.165) is 9.77 Å². The maximum absolute atomic E-state index is 12.0. The highest BCUT2D eigenvalue weighted by atomic mass is 32.2. The van der Waals surface area contributed by atoms with Gasteiger partial charge in [-0.25, -0.2) is 4.79 Å². The van der Waals surface area contributed by atoms with E-state index in [1.165, 1.54) is 11.8 Å². The average Bonchev–Trinajstić information content (AvgIpc) is 3.07. The Kier molecular flexibility index (Phi) is 6.03. The fourth-order valence-corrected chi connectivity index (χ4v) is 3.23. The van der Waals surface area contributed by atoms with Crippen molar-refractivity contribution < 1.29 is 14.3 Å². The van der Waals surface area contributed by atoms with Crippen LogP contribution in [-0.2, 0) is 9.53 Å². The Morgan fingerprint density at radius 3 is 2.73 bits per heavy atom. The number of thiophene rings is 1. The van der Waals surface area contributed by atoms with Crippen molar-refractivity contribution in [3.8, 4) is 0 Å². The van der Waals surface area contributed by atoms with Crippen LogP contribution in [0.5, 0.6) is 0 Å². The van der Waals surface area contributed by atoms with E-state index in [2.05, 4.69) is 5.32 Å². The Bertz CT molecular complexity index is 641. The molecule has 0 aliphatic heterocycles. The van der Waals surface area contributed by atoms with Crippen molar-refractivity contribution in [3.05, 3.63) is 52.2 Å². The van der Waals surface area contributed by atoms with Crippen molar-refractivity contribution in [2.45, 2.75) is 17.9 Å². The van der Waals surface area contributed by atoms with Gasteiger partial charge >= 0.3 is 5.97 Å². The average molecular weight is 335 g/mol. The zero-order valence-corrected chi connectivity index (χ0v) is 14.0. The lowest BCUT2D eigenvalue weighted by Gasteiger charge is -2.12. The molecule has 0 unspecified atom stereocenters. The maximum Gasteiger partial charge on any atom is 0.339 e. The fourth-order valence-electron chi connectivity index (χ4n) is 1.91. The predicted octanol–water partition coefficient (Wildman–Crippen LogP) is 3.50. The summed E-state index contributed by atoms with van der Waals surface area (Å²) in [7, 11) is 0. The van der Waals surface area contributed by atoms with E-state index in [9.17, 15) is 9.59 Å². The van der Waals surface area contributed by atoms with Crippen LogP contribution in [0.25, 0.3) is 0 Å². The summed E-state index contributed by atoms with van der Waals surface area (Å²) < 4.78 is 5.09. The first-order chi connectivity index (χ1) is 10.6. The van der Waals surface area contributed by atoms with Gasteiger partial charge in [0.05, 0.1) is 11.6 Å². The van der Waals surface area contributed by atoms with Crippen molar-refractivity contribution in [3.63, 3.8) is 0 Å². The minimum atomic E-state index is -0.483. The molecule has 2 aromatic rings. The number of hydrogen-bond acceptors (Lipinski definition) is 5. The van der Waals surface area contributed by atoms with Crippen LogP contribution in [0, 0.1) is 0 Å². The molecule has 1 amide bonds. The van der Waals surface area contributed by atoms with Crippen LogP contribution in [0.3, 0.4) is 0 Å². The molecule has 22 heavy (non-hydrogen) atoms. The van der Waals surface area contributed by atoms with Gasteiger partial charge in [-0.1, -0.05) is 18.2 Å². The lowest BCUT2D eigenvalue weighted by molar-refractivity contribution is -0.124. The third-order valence-electron chi connectivity index (χ3n) is 3.01. The molecule has 116 valence electrons. The molecule has 0 bridgehead atoms. The molecule has 1 aromatic heterocycles. The van der Waals surface area contributed by atoms with E-state index in [1.54, 1.807) is 23.5 Å². The SMILES string of the molecule is CSc1ccccc1C(=O)OCC(=O)N[C@@H](C)c1cccs1. The number of benzene rings is 1. The van der Waals surface area contributed by atoms with Crippen LogP contribution in [-0.4, -0.2) is 24.7 Å². The quantitative estimate of drug-likeness (QED) is 0.648. The van der Waals surface area contributed by atoms with Gasteiger partial charge in [-0.2, -0.15) is 0 Å². The first-order valence-corrected chi connectivity index (χ1v) is 8.85. The molecular formula is C16H17NO3S2. The zero-order valence-electron chi connectivity index (χ0n) is 12.4. The second-order valence-corrected chi connectivity index (χ2v) is 6.41. The highest BCUT2D eigenvalue weighted by Crippen LogP contribution is 2.21. The van der Waals surface area contributed by atoms with Gasteiger partial charge in [0.1, 0.15) is 0 Å². The fraction of sp³-hybridized carbons (Fsp3) is 0.250. The molecule has 2 rings (SSSR count). The molecule has 1 aromatic carbocycles. The molecule has 0 saturated carbocycles. The number of rotatable bonds is 6. The third kappa shape index (κ3) is 4.35. The molecular weight excluding hydrogens is 318 g/mol. The summed E-state index contributed by atoms with van der Waals surface area (Å²) in [5.74, 6) is -0.792. The number of carbonyl (C=O) groups excluding carboxylic acids is 2. The molecule has 1 atom stereocenters. The van der Waals surface area contributed by atoms with E-state index in [1.807, 2.05) is 42.8 Å². The number of amides is 1. The summed E-state index contributed by atoms with van der Waals surface area (Å²) >= 11 is 3.04. The summed E-state index contributed by atoms with van der Waals surface area (Å²) in [6.07, 6.45) is 1.89. The van der Waals surface area contributed by atoms with Gasteiger partial charge in [0.2, 0.25) is 0 Å². The molecule has 0 radical (unpaired) electrons. The number of carbonyl (C=O) groups is 2. The van der Waals surface area contributed by atoms with E-state index in [4.69, 9.17) is 4.74 Å². The summed E-state index contributed by atoms with van der Waals surface area (Å²) in [6, 6.07) is 11.0. The molecule has 0 saturated heterocycles. The van der Waals surface area contributed by atoms with Crippen molar-refractivity contribution in [2.24, 2.45) is 0 Å². The lowest BCUT2D eigenvalue weighted by atomic mass is 10.2. The summed E-state index contributed by atoms with van der Waals surface area (Å²) in [4.78, 5) is 25.8. The van der Waals surface area contributed by atoms with E-state index in [0.29, 0.717) is 5.56 Å². The monoisotopic (exact) mass is 335 g/mol. The normalized spacial score (nSPS) is 11.7. The lowest BCUT2D eigenvalue weighted by Crippen LogP contribution is -2.30. The minimum absolute atomic E-state index is 0.0929. The molecule has 1 heterocycles. The highest BCUT2D eigenvalue weighted by Gasteiger charge is 2.15. The first kappa shape index (κ1) is 16.6. The Morgan fingerprint density at radius 1 is 1.27 bits per heavy atom. The number of thioether (sulfide) groups is 1. The van der Waals surface area contributed by atoms with Gasteiger partial charge in [-0.05, 0) is 36.8 Å². The van der Waals surface area contributed by atoms with Gasteiger partial charge in [0.25, 0.3) is 5.91 Å². The number of esters is 1. The Balaban J connectivity index is 1.87. The van der Waals surface area contributed by atoms with Gasteiger partial charge < -0.3 is 10.1 Å². The molecule has 0 spiro atoms. The Labute approximate surface area is 137 Å². The Hall–Kier alpha value is -1.79. The molecule has 6 heteroatoms. The second-order valence-electron chi connectivity index (χ2n) is 4.58. The largest absolute Gasteiger partial charge is 0.452 e. The van der Waals surface area contributed by atoms with Crippen molar-refractivity contribution in [1.29, 1.82) is 0 Å². The number of hydrogen-bond donors (Lipinski definition) is 1. The standard InChI is InChI=1S/C16H17NO3S2/c1-11(13-8-5-9-22-13)17-15(18)10-20-16(19)12-6-3-4-7-14(12)21-2/h3-9,11H,10H2,1-2H3,(H,17,18)/t11-/m0/s1.